The predicted octanol–water partition coefficient (Wildman–Crippen LogP) is 0.892. The zero-order chi connectivity index (χ0) is 14.3. The van der Waals surface area contributed by atoms with Gasteiger partial charge in [-0.25, -0.2) is 8.42 Å². The monoisotopic (exact) mass is 286 g/mol. The van der Waals surface area contributed by atoms with E-state index in [9.17, 15) is 8.42 Å². The van der Waals surface area contributed by atoms with Gasteiger partial charge in [-0.3, -0.25) is 0 Å². The Bertz CT molecular complexity index is 471. The highest BCUT2D eigenvalue weighted by Crippen LogP contribution is 2.18. The van der Waals surface area contributed by atoms with Crippen LogP contribution in [0.2, 0.25) is 0 Å². The summed E-state index contributed by atoms with van der Waals surface area (Å²) in [5.74, 6) is 0.114. The van der Waals surface area contributed by atoms with Crippen molar-refractivity contribution < 1.29 is 13.2 Å². The van der Waals surface area contributed by atoms with E-state index in [1.165, 1.54) is 0 Å². The van der Waals surface area contributed by atoms with E-state index in [2.05, 4.69) is 4.90 Å². The van der Waals surface area contributed by atoms with Gasteiger partial charge in [-0.2, -0.15) is 0 Å². The van der Waals surface area contributed by atoms with Gasteiger partial charge in [-0.05, 0) is 24.3 Å². The maximum absolute atomic E-state index is 11.7. The highest BCUT2D eigenvalue weighted by atomic mass is 32.2. The fraction of sp³-hybridized carbons (Fsp3) is 0.538. The Balaban J connectivity index is 2.88. The summed E-state index contributed by atoms with van der Waals surface area (Å²) in [6.07, 6.45) is 0. The molecule has 0 fully saturated rings. The number of nitrogens with two attached hydrogens (primary N) is 1. The molecule has 1 aromatic carbocycles. The predicted molar refractivity (Wildman–Crippen MR) is 77.3 cm³/mol. The van der Waals surface area contributed by atoms with Crippen LogP contribution < -0.4 is 10.6 Å². The number of rotatable bonds is 8. The molecule has 0 atom stereocenters. The average Bonchev–Trinajstić information content (AvgIpc) is 2.43. The van der Waals surface area contributed by atoms with E-state index < -0.39 is 9.84 Å². The standard InChI is InChI=1S/C13H22N2O3S/c1-3-19(16,17)13-6-4-12(5-7-13)15(9-8-14)10-11-18-2/h4-7H,3,8-11,14H2,1-2H3. The van der Waals surface area contributed by atoms with E-state index in [1.54, 1.807) is 26.2 Å². The third kappa shape index (κ3) is 4.49. The number of methoxy groups -OCH3 is 1. The Morgan fingerprint density at radius 1 is 1.21 bits per heavy atom. The van der Waals surface area contributed by atoms with E-state index in [4.69, 9.17) is 10.5 Å². The van der Waals surface area contributed by atoms with Gasteiger partial charge in [-0.1, -0.05) is 6.92 Å². The lowest BCUT2D eigenvalue weighted by molar-refractivity contribution is 0.205. The smallest absolute Gasteiger partial charge is 0.178 e. The maximum atomic E-state index is 11.7. The van der Waals surface area contributed by atoms with Gasteiger partial charge in [0.15, 0.2) is 9.84 Å². The first-order valence-corrected chi connectivity index (χ1v) is 7.97. The van der Waals surface area contributed by atoms with Gasteiger partial charge in [0.2, 0.25) is 0 Å². The van der Waals surface area contributed by atoms with Gasteiger partial charge in [0.05, 0.1) is 17.3 Å². The molecular weight excluding hydrogens is 264 g/mol. The molecule has 0 saturated heterocycles. The summed E-state index contributed by atoms with van der Waals surface area (Å²) < 4.78 is 28.5. The molecule has 0 heterocycles. The van der Waals surface area contributed by atoms with Crippen LogP contribution in [0.4, 0.5) is 5.69 Å². The molecule has 6 heteroatoms. The van der Waals surface area contributed by atoms with Gasteiger partial charge in [0.1, 0.15) is 0 Å². The highest BCUT2D eigenvalue weighted by Gasteiger charge is 2.12. The molecule has 0 spiro atoms. The van der Waals surface area contributed by atoms with Crippen molar-refractivity contribution in [1.82, 2.24) is 0 Å². The molecule has 0 aliphatic rings. The molecule has 0 aromatic heterocycles. The summed E-state index contributed by atoms with van der Waals surface area (Å²) >= 11 is 0. The molecule has 5 nitrogen and oxygen atoms in total. The van der Waals surface area contributed by atoms with Gasteiger partial charge in [0.25, 0.3) is 0 Å². The van der Waals surface area contributed by atoms with Crippen molar-refractivity contribution in [3.8, 4) is 0 Å². The molecule has 19 heavy (non-hydrogen) atoms. The topological polar surface area (TPSA) is 72.6 Å². The van der Waals surface area contributed by atoms with Crippen LogP contribution in [0.25, 0.3) is 0 Å². The van der Waals surface area contributed by atoms with Gasteiger partial charge in [0, 0.05) is 32.4 Å². The number of hydrogen-bond acceptors (Lipinski definition) is 5. The Hall–Kier alpha value is -1.11. The van der Waals surface area contributed by atoms with Crippen molar-refractivity contribution in [2.24, 2.45) is 5.73 Å². The molecule has 0 bridgehead atoms. The summed E-state index contributed by atoms with van der Waals surface area (Å²) in [7, 11) is -1.49. The fourth-order valence-electron chi connectivity index (χ4n) is 1.76. The molecule has 1 rings (SSSR count). The van der Waals surface area contributed by atoms with E-state index in [1.807, 2.05) is 12.1 Å². The van der Waals surface area contributed by atoms with Crippen LogP contribution in [-0.2, 0) is 14.6 Å². The molecule has 0 aliphatic heterocycles. The average molecular weight is 286 g/mol. The SMILES string of the molecule is CCS(=O)(=O)c1ccc(N(CCN)CCOC)cc1. The molecule has 0 amide bonds. The molecule has 0 unspecified atom stereocenters. The van der Waals surface area contributed by atoms with Crippen LogP contribution in [-0.4, -0.2) is 47.5 Å². The molecule has 2 N–H and O–H groups in total. The van der Waals surface area contributed by atoms with Crippen molar-refractivity contribution in [1.29, 1.82) is 0 Å². The van der Waals surface area contributed by atoms with Crippen molar-refractivity contribution in [2.75, 3.05) is 44.0 Å². The van der Waals surface area contributed by atoms with Gasteiger partial charge in [-0.15, -0.1) is 0 Å². The maximum Gasteiger partial charge on any atom is 0.178 e. The van der Waals surface area contributed by atoms with Crippen LogP contribution in [0.1, 0.15) is 6.92 Å². The largest absolute Gasteiger partial charge is 0.383 e. The van der Waals surface area contributed by atoms with E-state index in [0.717, 1.165) is 12.2 Å². The third-order valence-corrected chi connectivity index (χ3v) is 4.66. The minimum absolute atomic E-state index is 0.114. The first-order chi connectivity index (χ1) is 9.05. The lowest BCUT2D eigenvalue weighted by Crippen LogP contribution is -2.32. The summed E-state index contributed by atoms with van der Waals surface area (Å²) in [4.78, 5) is 2.43. The second-order valence-electron chi connectivity index (χ2n) is 4.17. The molecule has 108 valence electrons. The molecular formula is C13H22N2O3S. The van der Waals surface area contributed by atoms with Crippen molar-refractivity contribution >= 4 is 15.5 Å². The third-order valence-electron chi connectivity index (χ3n) is 2.91. The highest BCUT2D eigenvalue weighted by molar-refractivity contribution is 7.91. The van der Waals surface area contributed by atoms with Crippen molar-refractivity contribution in [3.05, 3.63) is 24.3 Å². The van der Waals surface area contributed by atoms with Crippen molar-refractivity contribution in [2.45, 2.75) is 11.8 Å². The summed E-state index contributed by atoms with van der Waals surface area (Å²) in [6.45, 7) is 4.23. The fourth-order valence-corrected chi connectivity index (χ4v) is 2.64. The van der Waals surface area contributed by atoms with Crippen LogP contribution in [0, 0.1) is 0 Å². The van der Waals surface area contributed by atoms with Gasteiger partial charge >= 0.3 is 0 Å². The number of sulfone groups is 1. The number of anilines is 1. The van der Waals surface area contributed by atoms with Crippen LogP contribution >= 0.6 is 0 Å². The molecule has 1 aromatic rings. The van der Waals surface area contributed by atoms with E-state index >= 15 is 0 Å². The summed E-state index contributed by atoms with van der Waals surface area (Å²) in [6, 6.07) is 6.91. The summed E-state index contributed by atoms with van der Waals surface area (Å²) in [5, 5.41) is 0. The molecule has 0 saturated carbocycles. The van der Waals surface area contributed by atoms with Crippen molar-refractivity contribution in [3.63, 3.8) is 0 Å². The van der Waals surface area contributed by atoms with E-state index in [0.29, 0.717) is 24.6 Å². The molecule has 0 aliphatic carbocycles. The second-order valence-corrected chi connectivity index (χ2v) is 6.44. The van der Waals surface area contributed by atoms with Crippen LogP contribution in [0.15, 0.2) is 29.2 Å². The van der Waals surface area contributed by atoms with Crippen LogP contribution in [0.5, 0.6) is 0 Å². The summed E-state index contributed by atoms with van der Waals surface area (Å²) in [5.41, 5.74) is 6.54. The Morgan fingerprint density at radius 2 is 1.84 bits per heavy atom. The first kappa shape index (κ1) is 15.9. The minimum Gasteiger partial charge on any atom is -0.383 e. The number of nitrogens with zero attached hydrogens (tertiary/aromatic N) is 1. The van der Waals surface area contributed by atoms with E-state index in [-0.39, 0.29) is 5.75 Å². The minimum atomic E-state index is -3.14. The molecule has 0 radical (unpaired) electrons. The zero-order valence-electron chi connectivity index (χ0n) is 11.5. The quantitative estimate of drug-likeness (QED) is 0.768. The Morgan fingerprint density at radius 3 is 2.32 bits per heavy atom. The lowest BCUT2D eigenvalue weighted by atomic mass is 10.3. The Labute approximate surface area is 115 Å². The number of hydrogen-bond donors (Lipinski definition) is 1. The van der Waals surface area contributed by atoms with Gasteiger partial charge < -0.3 is 15.4 Å². The zero-order valence-corrected chi connectivity index (χ0v) is 12.3. The normalized spacial score (nSPS) is 11.5. The number of ether oxygens (including phenoxy) is 1. The Kier molecular flexibility index (Phi) is 6.27. The first-order valence-electron chi connectivity index (χ1n) is 6.32. The second kappa shape index (κ2) is 7.47. The lowest BCUT2D eigenvalue weighted by Gasteiger charge is -2.24. The van der Waals surface area contributed by atoms with Crippen LogP contribution in [0.3, 0.4) is 0 Å². The number of benzene rings is 1.